The normalized spacial score (nSPS) is 11.3. The van der Waals surface area contributed by atoms with Crippen molar-refractivity contribution in [1.82, 2.24) is 9.55 Å². The lowest BCUT2D eigenvalue weighted by Gasteiger charge is -2.12. The number of aryl methyl sites for hydroxylation is 1. The van der Waals surface area contributed by atoms with Gasteiger partial charge in [-0.3, -0.25) is 19.5 Å². The van der Waals surface area contributed by atoms with Crippen molar-refractivity contribution in [2.24, 2.45) is 0 Å². The minimum atomic E-state index is -0.435. The molecule has 0 aliphatic heterocycles. The molecule has 1 aromatic heterocycles. The Bertz CT molecular complexity index is 1360. The lowest BCUT2D eigenvalue weighted by Crippen LogP contribution is -2.22. The van der Waals surface area contributed by atoms with Crippen LogP contribution in [-0.2, 0) is 0 Å². The summed E-state index contributed by atoms with van der Waals surface area (Å²) in [7, 11) is 0. The van der Waals surface area contributed by atoms with E-state index in [0.29, 0.717) is 28.0 Å². The highest BCUT2D eigenvalue weighted by molar-refractivity contribution is 14.1. The van der Waals surface area contributed by atoms with E-state index in [1.54, 1.807) is 28.9 Å². The number of benzene rings is 3. The molecule has 4 rings (SSSR count). The molecule has 0 spiro atoms. The van der Waals surface area contributed by atoms with Crippen molar-refractivity contribution >= 4 is 51.3 Å². The van der Waals surface area contributed by atoms with Gasteiger partial charge in [0.15, 0.2) is 0 Å². The molecule has 0 bridgehead atoms. The molecule has 1 heterocycles. The van der Waals surface area contributed by atoms with E-state index in [1.807, 2.05) is 49.4 Å². The first-order valence-electron chi connectivity index (χ1n) is 9.14. The van der Waals surface area contributed by atoms with E-state index in [9.17, 15) is 14.9 Å². The maximum absolute atomic E-state index is 13.3. The summed E-state index contributed by atoms with van der Waals surface area (Å²) < 4.78 is 2.51. The van der Waals surface area contributed by atoms with E-state index < -0.39 is 4.92 Å². The molecule has 0 N–H and O–H groups in total. The molecule has 0 unspecified atom stereocenters. The van der Waals surface area contributed by atoms with Gasteiger partial charge in [0.2, 0.25) is 0 Å². The van der Waals surface area contributed by atoms with Crippen molar-refractivity contribution in [1.29, 1.82) is 0 Å². The molecule has 0 saturated heterocycles. The van der Waals surface area contributed by atoms with Crippen LogP contribution in [0.3, 0.4) is 0 Å². The van der Waals surface area contributed by atoms with Crippen molar-refractivity contribution in [3.05, 3.63) is 108 Å². The van der Waals surface area contributed by atoms with E-state index in [1.165, 1.54) is 12.1 Å². The van der Waals surface area contributed by atoms with Crippen LogP contribution < -0.4 is 5.56 Å². The Morgan fingerprint density at radius 3 is 2.53 bits per heavy atom. The molecular formula is C23H16IN3O3. The zero-order valence-corrected chi connectivity index (χ0v) is 18.1. The van der Waals surface area contributed by atoms with Crippen molar-refractivity contribution in [3.63, 3.8) is 0 Å². The second-order valence-electron chi connectivity index (χ2n) is 6.79. The molecule has 0 aliphatic rings. The standard InChI is InChI=1S/C23H16IN3O3/c1-15-5-9-18(10-6-15)26-22(12-7-16-3-2-4-19(13-16)27(29)30)25-21-11-8-17(24)14-20(21)23(26)28/h2-14H,1H3. The largest absolute Gasteiger partial charge is 0.270 e. The van der Waals surface area contributed by atoms with Crippen LogP contribution in [0.2, 0.25) is 0 Å². The molecule has 148 valence electrons. The van der Waals surface area contributed by atoms with Gasteiger partial charge >= 0.3 is 0 Å². The van der Waals surface area contributed by atoms with Gasteiger partial charge in [0.25, 0.3) is 11.2 Å². The van der Waals surface area contributed by atoms with Gasteiger partial charge < -0.3 is 0 Å². The molecule has 0 saturated carbocycles. The first-order chi connectivity index (χ1) is 14.4. The number of halogens is 1. The summed E-state index contributed by atoms with van der Waals surface area (Å²) in [6, 6.07) is 19.5. The number of rotatable bonds is 4. The predicted molar refractivity (Wildman–Crippen MR) is 127 cm³/mol. The molecule has 0 radical (unpaired) electrons. The average molecular weight is 509 g/mol. The van der Waals surface area contributed by atoms with E-state index in [0.717, 1.165) is 9.13 Å². The Hall–Kier alpha value is -3.33. The van der Waals surface area contributed by atoms with Gasteiger partial charge in [-0.1, -0.05) is 35.9 Å². The number of nitro benzene ring substituents is 1. The van der Waals surface area contributed by atoms with E-state index in [4.69, 9.17) is 0 Å². The van der Waals surface area contributed by atoms with Gasteiger partial charge in [-0.2, -0.15) is 0 Å². The van der Waals surface area contributed by atoms with Crippen molar-refractivity contribution in [3.8, 4) is 5.69 Å². The second kappa shape index (κ2) is 8.19. The molecule has 0 atom stereocenters. The van der Waals surface area contributed by atoms with Crippen molar-refractivity contribution in [2.75, 3.05) is 0 Å². The number of fused-ring (bicyclic) bond motifs is 1. The Balaban J connectivity index is 1.91. The summed E-state index contributed by atoms with van der Waals surface area (Å²) in [6.45, 7) is 1.98. The van der Waals surface area contributed by atoms with E-state index >= 15 is 0 Å². The Kier molecular flexibility index (Phi) is 5.45. The molecule has 3 aromatic carbocycles. The molecule has 4 aromatic rings. The molecule has 0 amide bonds. The number of hydrogen-bond acceptors (Lipinski definition) is 4. The summed E-state index contributed by atoms with van der Waals surface area (Å²) in [5, 5.41) is 11.6. The third-order valence-electron chi connectivity index (χ3n) is 4.65. The van der Waals surface area contributed by atoms with Crippen LogP contribution in [0.5, 0.6) is 0 Å². The molecule has 7 heteroatoms. The molecule has 0 fully saturated rings. The number of hydrogen-bond donors (Lipinski definition) is 0. The fourth-order valence-corrected chi connectivity index (χ4v) is 3.63. The highest BCUT2D eigenvalue weighted by Crippen LogP contribution is 2.19. The molecule has 0 aliphatic carbocycles. The third-order valence-corrected chi connectivity index (χ3v) is 5.33. The minimum Gasteiger partial charge on any atom is -0.268 e. The summed E-state index contributed by atoms with van der Waals surface area (Å²) >= 11 is 2.17. The summed E-state index contributed by atoms with van der Waals surface area (Å²) in [6.07, 6.45) is 3.43. The summed E-state index contributed by atoms with van der Waals surface area (Å²) in [5.41, 5.74) is 2.88. The van der Waals surface area contributed by atoms with Gasteiger partial charge in [0.1, 0.15) is 5.82 Å². The van der Waals surface area contributed by atoms with Crippen LogP contribution in [0.25, 0.3) is 28.7 Å². The first kappa shape index (κ1) is 20.0. The SMILES string of the molecule is Cc1ccc(-n2c(C=Cc3cccc([N+](=O)[O-])c3)nc3ccc(I)cc3c2=O)cc1. The number of nitrogens with zero attached hydrogens (tertiary/aromatic N) is 3. The summed E-state index contributed by atoms with van der Waals surface area (Å²) in [4.78, 5) is 28.6. The monoisotopic (exact) mass is 509 g/mol. The quantitative estimate of drug-likeness (QED) is 0.210. The summed E-state index contributed by atoms with van der Waals surface area (Å²) in [5.74, 6) is 0.448. The smallest absolute Gasteiger partial charge is 0.268 e. The van der Waals surface area contributed by atoms with Crippen LogP contribution in [-0.4, -0.2) is 14.5 Å². The minimum absolute atomic E-state index is 0.00845. The van der Waals surface area contributed by atoms with Gasteiger partial charge in [0.05, 0.1) is 21.5 Å². The zero-order chi connectivity index (χ0) is 21.3. The third kappa shape index (κ3) is 4.02. The fourth-order valence-electron chi connectivity index (χ4n) is 3.14. The van der Waals surface area contributed by atoms with Gasteiger partial charge in [-0.25, -0.2) is 4.98 Å². The second-order valence-corrected chi connectivity index (χ2v) is 8.04. The lowest BCUT2D eigenvalue weighted by atomic mass is 10.1. The first-order valence-corrected chi connectivity index (χ1v) is 10.2. The Labute approximate surface area is 185 Å². The van der Waals surface area contributed by atoms with E-state index in [-0.39, 0.29) is 11.2 Å². The van der Waals surface area contributed by atoms with Crippen LogP contribution in [0.1, 0.15) is 17.0 Å². The predicted octanol–water partition coefficient (Wildman–Crippen LogP) is 5.38. The van der Waals surface area contributed by atoms with Crippen LogP contribution >= 0.6 is 22.6 Å². The van der Waals surface area contributed by atoms with Crippen LogP contribution in [0, 0.1) is 20.6 Å². The number of nitro groups is 1. The average Bonchev–Trinajstić information content (AvgIpc) is 2.74. The van der Waals surface area contributed by atoms with Gasteiger partial charge in [-0.15, -0.1) is 0 Å². The number of aromatic nitrogens is 2. The molecule has 6 nitrogen and oxygen atoms in total. The molecular weight excluding hydrogens is 493 g/mol. The fraction of sp³-hybridized carbons (Fsp3) is 0.0435. The van der Waals surface area contributed by atoms with Gasteiger partial charge in [-0.05, 0) is 71.5 Å². The Morgan fingerprint density at radius 2 is 1.80 bits per heavy atom. The van der Waals surface area contributed by atoms with E-state index in [2.05, 4.69) is 27.6 Å². The van der Waals surface area contributed by atoms with Crippen LogP contribution in [0.4, 0.5) is 5.69 Å². The topological polar surface area (TPSA) is 78.0 Å². The lowest BCUT2D eigenvalue weighted by molar-refractivity contribution is -0.384. The number of non-ortho nitro benzene ring substituents is 1. The van der Waals surface area contributed by atoms with Gasteiger partial charge in [0, 0.05) is 15.7 Å². The maximum atomic E-state index is 13.3. The van der Waals surface area contributed by atoms with Crippen LogP contribution in [0.15, 0.2) is 71.5 Å². The maximum Gasteiger partial charge on any atom is 0.270 e. The van der Waals surface area contributed by atoms with Crippen molar-refractivity contribution < 1.29 is 4.92 Å². The highest BCUT2D eigenvalue weighted by Gasteiger charge is 2.12. The molecule has 30 heavy (non-hydrogen) atoms. The highest BCUT2D eigenvalue weighted by atomic mass is 127. The zero-order valence-electron chi connectivity index (χ0n) is 15.9. The Morgan fingerprint density at radius 1 is 1.03 bits per heavy atom. The van der Waals surface area contributed by atoms with Crippen molar-refractivity contribution in [2.45, 2.75) is 6.92 Å².